The highest BCUT2D eigenvalue weighted by molar-refractivity contribution is 5.23. The predicted octanol–water partition coefficient (Wildman–Crippen LogP) is 2.50. The summed E-state index contributed by atoms with van der Waals surface area (Å²) >= 11 is 0. The maximum Gasteiger partial charge on any atom is 0.219 e. The van der Waals surface area contributed by atoms with Gasteiger partial charge in [0, 0.05) is 31.4 Å². The third kappa shape index (κ3) is 4.37. The van der Waals surface area contributed by atoms with Gasteiger partial charge in [-0.3, -0.25) is 4.68 Å². The van der Waals surface area contributed by atoms with Crippen molar-refractivity contribution in [3.63, 3.8) is 0 Å². The van der Waals surface area contributed by atoms with Crippen molar-refractivity contribution in [2.45, 2.75) is 32.9 Å². The lowest BCUT2D eigenvalue weighted by atomic mass is 10.1. The van der Waals surface area contributed by atoms with E-state index in [0.717, 1.165) is 12.1 Å². The summed E-state index contributed by atoms with van der Waals surface area (Å²) in [6.07, 6.45) is 5.29. The average Bonchev–Trinajstić information content (AvgIpc) is 2.73. The molecule has 0 aliphatic heterocycles. The molecule has 0 atom stereocenters. The fourth-order valence-electron chi connectivity index (χ4n) is 1.52. The van der Waals surface area contributed by atoms with Gasteiger partial charge in [-0.05, 0) is 26.3 Å². The lowest BCUT2D eigenvalue weighted by Crippen LogP contribution is -2.35. The Morgan fingerprint density at radius 1 is 1.26 bits per heavy atom. The Hall–Kier alpha value is -1.88. The average molecular weight is 260 g/mol. The summed E-state index contributed by atoms with van der Waals surface area (Å²) in [4.78, 5) is 4.28. The molecule has 0 spiro atoms. The molecular formula is C14H20N4O. The molecule has 19 heavy (non-hydrogen) atoms. The Morgan fingerprint density at radius 2 is 2.05 bits per heavy atom. The molecule has 0 aliphatic carbocycles. The van der Waals surface area contributed by atoms with Crippen molar-refractivity contribution in [3.05, 3.63) is 36.3 Å². The number of rotatable bonds is 4. The molecular weight excluding hydrogens is 240 g/mol. The Morgan fingerprint density at radius 3 is 2.58 bits per heavy atom. The van der Waals surface area contributed by atoms with Crippen LogP contribution in [0.15, 0.2) is 30.7 Å². The van der Waals surface area contributed by atoms with Crippen LogP contribution in [0.2, 0.25) is 0 Å². The van der Waals surface area contributed by atoms with E-state index in [0.29, 0.717) is 11.6 Å². The number of aromatic nitrogens is 3. The molecule has 0 saturated carbocycles. The monoisotopic (exact) mass is 260 g/mol. The molecule has 0 fully saturated rings. The van der Waals surface area contributed by atoms with Gasteiger partial charge in [-0.15, -0.1) is 0 Å². The first-order valence-corrected chi connectivity index (χ1v) is 6.29. The molecule has 2 rings (SSSR count). The first-order valence-electron chi connectivity index (χ1n) is 6.29. The maximum absolute atomic E-state index is 5.58. The molecule has 2 aromatic rings. The first-order chi connectivity index (χ1) is 8.92. The molecule has 1 N–H and O–H groups in total. The highest BCUT2D eigenvalue weighted by Gasteiger charge is 2.08. The summed E-state index contributed by atoms with van der Waals surface area (Å²) < 4.78 is 7.28. The second-order valence-electron chi connectivity index (χ2n) is 5.56. The number of ether oxygens (including phenoxy) is 1. The molecule has 0 bridgehead atoms. The van der Waals surface area contributed by atoms with Gasteiger partial charge in [-0.2, -0.15) is 5.10 Å². The van der Waals surface area contributed by atoms with Crippen LogP contribution in [0, 0.1) is 0 Å². The predicted molar refractivity (Wildman–Crippen MR) is 74.1 cm³/mol. The highest BCUT2D eigenvalue weighted by Crippen LogP contribution is 2.18. The number of nitrogens with zero attached hydrogens (tertiary/aromatic N) is 3. The van der Waals surface area contributed by atoms with Crippen LogP contribution < -0.4 is 10.1 Å². The third-order valence-electron chi connectivity index (χ3n) is 2.52. The molecule has 102 valence electrons. The summed E-state index contributed by atoms with van der Waals surface area (Å²) in [5, 5.41) is 7.46. The second kappa shape index (κ2) is 5.40. The molecule has 5 nitrogen and oxygen atoms in total. The van der Waals surface area contributed by atoms with Crippen molar-refractivity contribution in [2.75, 3.05) is 0 Å². The summed E-state index contributed by atoms with van der Waals surface area (Å²) in [5.74, 6) is 1.27. The molecule has 0 unspecified atom stereocenters. The topological polar surface area (TPSA) is 52.0 Å². The van der Waals surface area contributed by atoms with Crippen LogP contribution in [0.1, 0.15) is 26.3 Å². The van der Waals surface area contributed by atoms with Crippen molar-refractivity contribution in [1.29, 1.82) is 0 Å². The van der Waals surface area contributed by atoms with E-state index in [4.69, 9.17) is 4.74 Å². The fourth-order valence-corrected chi connectivity index (χ4v) is 1.52. The van der Waals surface area contributed by atoms with Gasteiger partial charge >= 0.3 is 0 Å². The summed E-state index contributed by atoms with van der Waals surface area (Å²) in [6, 6.07) is 3.88. The summed E-state index contributed by atoms with van der Waals surface area (Å²) in [5.41, 5.74) is 1.23. The second-order valence-corrected chi connectivity index (χ2v) is 5.56. The van der Waals surface area contributed by atoms with Crippen LogP contribution in [-0.4, -0.2) is 20.3 Å². The number of pyridine rings is 1. The van der Waals surface area contributed by atoms with Crippen molar-refractivity contribution in [2.24, 2.45) is 7.05 Å². The molecule has 0 saturated heterocycles. The van der Waals surface area contributed by atoms with Crippen LogP contribution in [-0.2, 0) is 13.6 Å². The zero-order valence-electron chi connectivity index (χ0n) is 11.8. The quantitative estimate of drug-likeness (QED) is 0.917. The van der Waals surface area contributed by atoms with Gasteiger partial charge in [0.05, 0.1) is 12.4 Å². The van der Waals surface area contributed by atoms with Gasteiger partial charge in [0.25, 0.3) is 0 Å². The molecule has 5 heteroatoms. The van der Waals surface area contributed by atoms with E-state index in [9.17, 15) is 0 Å². The molecule has 0 radical (unpaired) electrons. The number of nitrogens with one attached hydrogen (secondary N) is 1. The van der Waals surface area contributed by atoms with Crippen LogP contribution >= 0.6 is 0 Å². The van der Waals surface area contributed by atoms with Crippen LogP contribution in [0.3, 0.4) is 0 Å². The van der Waals surface area contributed by atoms with E-state index in [1.165, 1.54) is 0 Å². The summed E-state index contributed by atoms with van der Waals surface area (Å²) in [7, 11) is 1.85. The first kappa shape index (κ1) is 13.5. The maximum atomic E-state index is 5.58. The lowest BCUT2D eigenvalue weighted by Gasteiger charge is -2.20. The molecule has 0 amide bonds. The van der Waals surface area contributed by atoms with Gasteiger partial charge in [-0.25, -0.2) is 4.98 Å². The van der Waals surface area contributed by atoms with E-state index in [2.05, 4.69) is 36.2 Å². The molecule has 0 aliphatic rings. The standard InChI is InChI=1S/C14H20N4O/c1-14(2,3)16-8-11-5-6-13(15-7-11)19-12-9-17-18(4)10-12/h5-7,9-10,16H,8H2,1-4H3. The van der Waals surface area contributed by atoms with E-state index in [1.54, 1.807) is 17.1 Å². The van der Waals surface area contributed by atoms with Crippen LogP contribution in [0.25, 0.3) is 0 Å². The van der Waals surface area contributed by atoms with E-state index in [1.807, 2.05) is 25.4 Å². The third-order valence-corrected chi connectivity index (χ3v) is 2.52. The summed E-state index contributed by atoms with van der Waals surface area (Å²) in [6.45, 7) is 7.21. The molecule has 0 aromatic carbocycles. The minimum absolute atomic E-state index is 0.102. The van der Waals surface area contributed by atoms with Gasteiger partial charge in [0.1, 0.15) is 0 Å². The smallest absolute Gasteiger partial charge is 0.219 e. The Bertz CT molecular complexity index is 525. The van der Waals surface area contributed by atoms with Crippen molar-refractivity contribution < 1.29 is 4.74 Å². The van der Waals surface area contributed by atoms with Gasteiger partial charge < -0.3 is 10.1 Å². The zero-order chi connectivity index (χ0) is 13.9. The fraction of sp³-hybridized carbons (Fsp3) is 0.429. The molecule has 2 heterocycles. The van der Waals surface area contributed by atoms with Crippen molar-refractivity contribution in [1.82, 2.24) is 20.1 Å². The van der Waals surface area contributed by atoms with E-state index >= 15 is 0 Å². The minimum Gasteiger partial charge on any atom is -0.436 e. The van der Waals surface area contributed by atoms with Crippen molar-refractivity contribution in [3.8, 4) is 11.6 Å². The van der Waals surface area contributed by atoms with E-state index < -0.39 is 0 Å². The number of aryl methyl sites for hydroxylation is 1. The molecule has 2 aromatic heterocycles. The van der Waals surface area contributed by atoms with Gasteiger partial charge in [-0.1, -0.05) is 6.07 Å². The van der Waals surface area contributed by atoms with Gasteiger partial charge in [0.2, 0.25) is 5.88 Å². The normalized spacial score (nSPS) is 11.6. The van der Waals surface area contributed by atoms with Crippen molar-refractivity contribution >= 4 is 0 Å². The SMILES string of the molecule is Cn1cc(Oc2ccc(CNC(C)(C)C)cn2)cn1. The zero-order valence-corrected chi connectivity index (χ0v) is 11.8. The number of hydrogen-bond acceptors (Lipinski definition) is 4. The van der Waals surface area contributed by atoms with Crippen LogP contribution in [0.5, 0.6) is 11.6 Å². The lowest BCUT2D eigenvalue weighted by molar-refractivity contribution is 0.423. The minimum atomic E-state index is 0.102. The van der Waals surface area contributed by atoms with E-state index in [-0.39, 0.29) is 5.54 Å². The highest BCUT2D eigenvalue weighted by atomic mass is 16.5. The Kier molecular flexibility index (Phi) is 3.85. The largest absolute Gasteiger partial charge is 0.436 e. The Labute approximate surface area is 113 Å². The van der Waals surface area contributed by atoms with Crippen LogP contribution in [0.4, 0.5) is 0 Å². The van der Waals surface area contributed by atoms with Gasteiger partial charge in [0.15, 0.2) is 5.75 Å². The number of hydrogen-bond donors (Lipinski definition) is 1. The Balaban J connectivity index is 1.95.